The Labute approximate surface area is 765 Å². The number of aromatic hydroxyl groups is 1. The van der Waals surface area contributed by atoms with Crippen molar-refractivity contribution in [1.82, 2.24) is 92.3 Å². The number of carboxylic acid groups (broad SMARTS) is 2. The Morgan fingerprint density at radius 1 is 0.523 bits per heavy atom. The van der Waals surface area contributed by atoms with E-state index in [2.05, 4.69) is 67.8 Å². The fourth-order valence-electron chi connectivity index (χ4n) is 17.3. The summed E-state index contributed by atoms with van der Waals surface area (Å²) in [5.41, 5.74) is 14.8. The molecule has 41 nitrogen and oxygen atoms in total. The predicted molar refractivity (Wildman–Crippen MR) is 481 cm³/mol. The Balaban J connectivity index is 1.00. The highest BCUT2D eigenvalue weighted by Gasteiger charge is 2.47. The first-order valence-electron chi connectivity index (χ1n) is 44.7. The third kappa shape index (κ3) is 27.0. The van der Waals surface area contributed by atoms with Gasteiger partial charge in [0.2, 0.25) is 88.6 Å². The normalized spacial score (nSPS) is 24.9. The summed E-state index contributed by atoms with van der Waals surface area (Å²) in [4.78, 5) is 281. The molecule has 132 heavy (non-hydrogen) atoms. The smallest absolute Gasteiger partial charge is 0.305 e. The minimum absolute atomic E-state index is 0.0000992. The van der Waals surface area contributed by atoms with Crippen LogP contribution >= 0.6 is 11.8 Å². The highest BCUT2D eigenvalue weighted by molar-refractivity contribution is 8.00. The number of hydrogen-bond donors (Lipinski definition) is 17. The second-order valence-electron chi connectivity index (χ2n) is 33.9. The van der Waals surface area contributed by atoms with Crippen LogP contribution < -0.4 is 59.3 Å². The van der Waals surface area contributed by atoms with Gasteiger partial charge in [-0.1, -0.05) is 88.1 Å². The van der Waals surface area contributed by atoms with Crippen molar-refractivity contribution in [3.63, 3.8) is 0 Å². The minimum Gasteiger partial charge on any atom is -0.508 e. The molecule has 0 spiro atoms. The quantitative estimate of drug-likeness (QED) is 0.0375. The lowest BCUT2D eigenvalue weighted by molar-refractivity contribution is -0.149. The van der Waals surface area contributed by atoms with Crippen LogP contribution in [0.15, 0.2) is 97.7 Å². The SMILES string of the molecule is CCCC[C@@H]1C(=O)N(C)[C@H](CCCC)C(=O)N[C@@H](C)C(=O)N[C@@H](C(=O)NCC(N)=O)CSCC(=O)N[C@@H](Cc2ccc(O)cc2)C(=O)N2CCCC2C(=O)N[C@H](CC(=O)O)C(=O)N2CCC[C@H]2C(=O)N[C@H](Cc2c[nH]cn2)C(=O)N[C@@H](CCC(=O)O)C(=O)N2CCCC2C(=O)N[C@H](Cc2c[nH]c3ccccc23)C(=O)C[C@@H](CCN)C(=O)N[C@@H](Cc2c[nH]c3ccccc23)C(=O)N1C. The molecule has 4 saturated heterocycles. The molecule has 4 aliphatic rings. The number of H-pyrrole nitrogens is 3. The number of hydrogen-bond acceptors (Lipinski definition) is 22. The van der Waals surface area contributed by atoms with Crippen LogP contribution in [-0.2, 0) is 112 Å². The summed E-state index contributed by atoms with van der Waals surface area (Å²) in [7, 11) is 2.78. The molecular weight excluding hydrogens is 1730 g/mol. The molecule has 0 saturated carbocycles. The predicted octanol–water partition coefficient (Wildman–Crippen LogP) is -0.134. The number of thioether (sulfide) groups is 1. The second-order valence-corrected chi connectivity index (χ2v) is 35.0. The van der Waals surface area contributed by atoms with Crippen LogP contribution in [0.1, 0.15) is 152 Å². The fourth-order valence-corrected chi connectivity index (χ4v) is 18.1. The van der Waals surface area contributed by atoms with Gasteiger partial charge in [-0.15, -0.1) is 11.8 Å². The van der Waals surface area contributed by atoms with Crippen molar-refractivity contribution in [1.29, 1.82) is 0 Å². The number of aromatic nitrogens is 4. The molecule has 0 aliphatic carbocycles. The number of likely N-dealkylation sites (N-methyl/N-ethyl adjacent to an activating group) is 2. The molecular formula is C90H120N20O21S. The molecule has 14 atom stereocenters. The number of fused-ring (bicyclic) bond motifs is 5. The molecule has 2 unspecified atom stereocenters. The number of carbonyl (C=O) groups excluding carboxylic acids is 16. The Morgan fingerprint density at radius 2 is 1.04 bits per heavy atom. The van der Waals surface area contributed by atoms with Gasteiger partial charge in [0.05, 0.1) is 36.8 Å². The van der Waals surface area contributed by atoms with Gasteiger partial charge in [0.25, 0.3) is 0 Å². The average molecular weight is 1850 g/mol. The van der Waals surface area contributed by atoms with E-state index in [1.165, 1.54) is 67.6 Å². The van der Waals surface area contributed by atoms with Gasteiger partial charge in [-0.3, -0.25) is 86.3 Å². The van der Waals surface area contributed by atoms with Crippen LogP contribution in [0.3, 0.4) is 0 Å². The lowest BCUT2D eigenvalue weighted by atomic mass is 9.91. The van der Waals surface area contributed by atoms with E-state index in [9.17, 15) is 63.3 Å². The number of para-hydroxylation sites is 2. The molecule has 712 valence electrons. The zero-order valence-electron chi connectivity index (χ0n) is 74.6. The maximum absolute atomic E-state index is 15.7. The lowest BCUT2D eigenvalue weighted by Gasteiger charge is -2.36. The number of nitrogens with two attached hydrogens (primary N) is 2. The summed E-state index contributed by atoms with van der Waals surface area (Å²) >= 11 is 0.790. The van der Waals surface area contributed by atoms with Crippen LogP contribution in [0.25, 0.3) is 21.8 Å². The zero-order valence-corrected chi connectivity index (χ0v) is 75.4. The van der Waals surface area contributed by atoms with Crippen molar-refractivity contribution in [3.8, 4) is 5.75 Å². The Morgan fingerprint density at radius 3 is 1.58 bits per heavy atom. The summed E-state index contributed by atoms with van der Waals surface area (Å²) in [6, 6.07) is 0.530. The van der Waals surface area contributed by atoms with Gasteiger partial charge in [-0.2, -0.15) is 0 Å². The molecule has 3 aromatic heterocycles. The number of phenols is 1. The van der Waals surface area contributed by atoms with E-state index in [1.54, 1.807) is 48.8 Å². The summed E-state index contributed by atoms with van der Waals surface area (Å²) in [5.74, 6) is -19.3. The first-order chi connectivity index (χ1) is 63.2. The summed E-state index contributed by atoms with van der Waals surface area (Å²) in [6.07, 6.45) is 4.37. The number of rotatable bonds is 24. The largest absolute Gasteiger partial charge is 0.508 e. The molecule has 4 fully saturated rings. The number of nitrogens with zero attached hydrogens (tertiary/aromatic N) is 6. The number of ketones is 1. The molecule has 6 aromatic rings. The van der Waals surface area contributed by atoms with E-state index in [0.29, 0.717) is 64.2 Å². The van der Waals surface area contributed by atoms with Crippen LogP contribution in [0.5, 0.6) is 5.75 Å². The Bertz CT molecular complexity index is 5160. The van der Waals surface area contributed by atoms with Crippen LogP contribution in [0.2, 0.25) is 0 Å². The number of amides is 15. The monoisotopic (exact) mass is 1850 g/mol. The van der Waals surface area contributed by atoms with Gasteiger partial charge in [0, 0.05) is 124 Å². The van der Waals surface area contributed by atoms with Gasteiger partial charge < -0.3 is 114 Å². The van der Waals surface area contributed by atoms with E-state index in [0.717, 1.165) is 26.5 Å². The maximum Gasteiger partial charge on any atom is 0.305 e. The summed E-state index contributed by atoms with van der Waals surface area (Å²) in [6.45, 7) is 3.81. The third-order valence-electron chi connectivity index (χ3n) is 24.5. The van der Waals surface area contributed by atoms with E-state index in [4.69, 9.17) is 11.5 Å². The number of carbonyl (C=O) groups is 18. The van der Waals surface area contributed by atoms with Crippen LogP contribution in [0, 0.1) is 5.92 Å². The third-order valence-corrected chi connectivity index (χ3v) is 25.5. The van der Waals surface area contributed by atoms with Crippen molar-refractivity contribution < 1.29 is 102 Å². The standard InChI is InChI=1S/C90H120N20O21S/c1-6-8-21-68-82(123)98-50(3)78(119)105-67(80(121)96-46-74(92)113)47-132-48-75(114)99-64(37-51-26-28-56(111)29-27-51)88(129)109-35-16-25-71(109)85(126)104-66(42-77(117)118)89(130)110-36-15-24-70(110)84(125)102-63(41-55-45-93-49-97-55)81(122)100-61(30-31-76(115)116)87(128)108-34-14-23-69(108)83(124)101-62(38-53-43-94-59-19-12-10-17-57(53)59)73(112)40-52(32-33-91)79(120)103-65(39-54-44-95-60-20-13-11-18-58(54)60)86(127)107(5)72(22-9-7-2)90(131)106(68)4/h10-13,17-20,26-29,43-45,49-50,52,61-72,94-95,111H,6-9,14-16,21-25,30-42,46-48,91H2,1-5H3,(H2,92,113)(H,93,97)(H,96,121)(H,98,123)(H,99,114)(H,100,122)(H,101,124)(H,102,125)(H,103,120)(H,104,126)(H,105,119)(H,115,116)(H,117,118)/t50-,52+,61-,62+,63+,64-,65-,66+,67+,68+,69?,70-,71?,72+/m0/s1. The Kier molecular flexibility index (Phi) is 36.7. The van der Waals surface area contributed by atoms with Crippen molar-refractivity contribution in [3.05, 3.63) is 120 Å². The molecule has 0 radical (unpaired) electrons. The van der Waals surface area contributed by atoms with Crippen molar-refractivity contribution in [2.24, 2.45) is 17.4 Å². The second kappa shape index (κ2) is 48.0. The highest BCUT2D eigenvalue weighted by Crippen LogP contribution is 2.30. The average Bonchev–Trinajstić information content (AvgIpc) is 1.53. The summed E-state index contributed by atoms with van der Waals surface area (Å²) < 4.78 is 0. The number of aromatic amines is 3. The number of carboxylic acids is 2. The number of unbranched alkanes of at least 4 members (excludes halogenated alkanes) is 2. The summed E-state index contributed by atoms with van der Waals surface area (Å²) in [5, 5.41) is 55.9. The van der Waals surface area contributed by atoms with E-state index in [1.807, 2.05) is 26.0 Å². The van der Waals surface area contributed by atoms with Crippen LogP contribution in [-0.4, -0.2) is 303 Å². The van der Waals surface area contributed by atoms with Crippen molar-refractivity contribution >= 4 is 140 Å². The molecule has 42 heteroatoms. The topological polar surface area (TPSA) is 605 Å². The molecule has 19 N–H and O–H groups in total. The van der Waals surface area contributed by atoms with Crippen molar-refractivity contribution in [2.75, 3.05) is 58.3 Å². The van der Waals surface area contributed by atoms with Gasteiger partial charge >= 0.3 is 11.9 Å². The van der Waals surface area contributed by atoms with Crippen LogP contribution in [0.4, 0.5) is 0 Å². The maximum atomic E-state index is 15.7. The number of Topliss-reactive ketones (excluding diaryl/α,β-unsaturated/α-hetero) is 1. The number of phenolic OH excluding ortho intramolecular Hbond substituents is 1. The Hall–Kier alpha value is -13.3. The zero-order chi connectivity index (χ0) is 95.6. The van der Waals surface area contributed by atoms with Gasteiger partial charge in [-0.05, 0) is 119 Å². The molecule has 7 heterocycles. The molecule has 10 rings (SSSR count). The number of primary amides is 1. The van der Waals surface area contributed by atoms with Gasteiger partial charge in [0.15, 0.2) is 5.78 Å². The van der Waals surface area contributed by atoms with Gasteiger partial charge in [-0.25, -0.2) is 4.98 Å². The molecule has 0 bridgehead atoms. The van der Waals surface area contributed by atoms with Crippen molar-refractivity contribution in [2.45, 2.75) is 234 Å². The number of benzene rings is 3. The van der Waals surface area contributed by atoms with E-state index >= 15 is 38.4 Å². The minimum atomic E-state index is -1.89. The lowest BCUT2D eigenvalue weighted by Crippen LogP contribution is -2.60. The van der Waals surface area contributed by atoms with Gasteiger partial charge in [0.1, 0.15) is 78.3 Å². The highest BCUT2D eigenvalue weighted by atomic mass is 32.2. The van der Waals surface area contributed by atoms with E-state index in [-0.39, 0.29) is 121 Å². The molecule has 15 amide bonds. The fraction of sp³-hybridized carbons (Fsp3) is 0.522. The molecule has 4 aliphatic heterocycles. The number of aliphatic carboxylic acids is 2. The first kappa shape index (κ1) is 101. The van der Waals surface area contributed by atoms with E-state index < -0.39 is 235 Å². The number of imidazole rings is 1. The number of nitrogens with one attached hydrogen (secondary N) is 12. The first-order valence-corrected chi connectivity index (χ1v) is 45.8. The molecule has 3 aromatic carbocycles.